The summed E-state index contributed by atoms with van der Waals surface area (Å²) in [4.78, 5) is 2.36. The lowest BCUT2D eigenvalue weighted by molar-refractivity contribution is 0.726. The summed E-state index contributed by atoms with van der Waals surface area (Å²) in [6.45, 7) is 2.28. The molecule has 1 heterocycles. The molecule has 0 N–H and O–H groups in total. The van der Waals surface area contributed by atoms with Crippen LogP contribution in [0.5, 0.6) is 0 Å². The third-order valence-corrected chi connectivity index (χ3v) is 14.7. The highest BCUT2D eigenvalue weighted by Crippen LogP contribution is 2.38. The molecule has 8 rings (SSSR count). The van der Waals surface area contributed by atoms with Gasteiger partial charge in [-0.15, -0.1) is 0 Å². The highest BCUT2D eigenvalue weighted by atomic mass is 35.5. The molecule has 3 heteroatoms. The van der Waals surface area contributed by atoms with Crippen LogP contribution < -0.4 is 25.6 Å². The third kappa shape index (κ3) is 4.68. The van der Waals surface area contributed by atoms with E-state index in [4.69, 9.17) is 11.6 Å². The zero-order valence-electron chi connectivity index (χ0n) is 25.8. The number of anilines is 2. The first-order chi connectivity index (χ1) is 22.6. The number of fused-ring (bicyclic) bond motifs is 3. The number of halogens is 1. The summed E-state index contributed by atoms with van der Waals surface area (Å²) >= 11 is 7.10. The van der Waals surface area contributed by atoms with Gasteiger partial charge in [-0.3, -0.25) is 0 Å². The molecule has 6 aromatic rings. The molecular formula is C43H34ClNSi. The number of rotatable bonds is 6. The molecule has 1 aliphatic carbocycles. The van der Waals surface area contributed by atoms with Gasteiger partial charge in [-0.25, -0.2) is 0 Å². The molecule has 1 aliphatic heterocycles. The van der Waals surface area contributed by atoms with Gasteiger partial charge in [-0.2, -0.15) is 0 Å². The predicted molar refractivity (Wildman–Crippen MR) is 199 cm³/mol. The van der Waals surface area contributed by atoms with Crippen molar-refractivity contribution in [2.45, 2.75) is 13.3 Å². The van der Waals surface area contributed by atoms with Gasteiger partial charge >= 0.3 is 0 Å². The fourth-order valence-corrected chi connectivity index (χ4v) is 13.0. The van der Waals surface area contributed by atoms with Gasteiger partial charge in [0.1, 0.15) is 0 Å². The predicted octanol–water partition coefficient (Wildman–Crippen LogP) is 8.98. The van der Waals surface area contributed by atoms with E-state index >= 15 is 0 Å². The first-order valence-electron chi connectivity index (χ1n) is 16.0. The molecule has 0 spiro atoms. The maximum absolute atomic E-state index is 7.10. The Kier molecular flexibility index (Phi) is 7.33. The van der Waals surface area contributed by atoms with Gasteiger partial charge in [0.2, 0.25) is 0 Å². The number of para-hydroxylation sites is 1. The zero-order valence-corrected chi connectivity index (χ0v) is 27.5. The molecule has 1 nitrogen and oxygen atoms in total. The summed E-state index contributed by atoms with van der Waals surface area (Å²) in [7, 11) is -2.57. The number of benzene rings is 6. The lowest BCUT2D eigenvalue weighted by atomic mass is 9.98. The molecular weight excluding hydrogens is 594 g/mol. The molecule has 1 atom stereocenters. The number of nitrogens with zero attached hydrogens (tertiary/aromatic N) is 1. The third-order valence-electron chi connectivity index (χ3n) is 9.51. The molecule has 0 saturated carbocycles. The number of allylic oxidation sites excluding steroid dienone is 3. The van der Waals surface area contributed by atoms with Crippen molar-refractivity contribution < 1.29 is 0 Å². The average Bonchev–Trinajstić information content (AvgIpc) is 3.41. The van der Waals surface area contributed by atoms with Crippen LogP contribution in [-0.4, -0.2) is 8.07 Å². The second kappa shape index (κ2) is 11.8. The second-order valence-corrected chi connectivity index (χ2v) is 16.5. The monoisotopic (exact) mass is 627 g/mol. The Morgan fingerprint density at radius 3 is 1.87 bits per heavy atom. The normalized spacial score (nSPS) is 16.0. The molecule has 0 saturated heterocycles. The van der Waals surface area contributed by atoms with Crippen molar-refractivity contribution in [3.8, 4) is 22.3 Å². The quantitative estimate of drug-likeness (QED) is 0.166. The van der Waals surface area contributed by atoms with Crippen LogP contribution in [0, 0.1) is 5.92 Å². The summed E-state index contributed by atoms with van der Waals surface area (Å²) in [6.07, 6.45) is 7.98. The minimum atomic E-state index is -2.57. The first kappa shape index (κ1) is 28.6. The van der Waals surface area contributed by atoms with Crippen molar-refractivity contribution in [1.29, 1.82) is 0 Å². The average molecular weight is 628 g/mol. The van der Waals surface area contributed by atoms with Crippen molar-refractivity contribution in [2.24, 2.45) is 5.92 Å². The highest BCUT2D eigenvalue weighted by molar-refractivity contribution is 7.22. The largest absolute Gasteiger partial charge is 0.311 e. The van der Waals surface area contributed by atoms with Crippen LogP contribution in [0.3, 0.4) is 0 Å². The Morgan fingerprint density at radius 2 is 1.22 bits per heavy atom. The lowest BCUT2D eigenvalue weighted by Crippen LogP contribution is -2.72. The summed E-state index contributed by atoms with van der Waals surface area (Å²) in [5.41, 5.74) is 8.33. The fraction of sp³-hybridized carbons (Fsp3) is 0.0698. The second-order valence-electron chi connectivity index (χ2n) is 12.3. The molecule has 0 bridgehead atoms. The van der Waals surface area contributed by atoms with Crippen molar-refractivity contribution in [3.05, 3.63) is 181 Å². The standard InChI is InChI=1S/C43H34ClNSi/c1-31-13-11-16-36(29-31)45(34-14-5-2-6-15-34)35-26-23-32(24-27-35)33-25-28-41-39(30-33)43-40(44)21-12-22-42(43)46(41,37-17-7-3-8-18-37)38-19-9-4-10-20-38/h2-12,14-31H,13H2,1H3. The van der Waals surface area contributed by atoms with Gasteiger partial charge in [-0.05, 0) is 92.3 Å². The zero-order chi connectivity index (χ0) is 31.1. The lowest BCUT2D eigenvalue weighted by Gasteiger charge is -2.31. The van der Waals surface area contributed by atoms with E-state index in [0.717, 1.165) is 22.8 Å². The van der Waals surface area contributed by atoms with Crippen LogP contribution in [0.25, 0.3) is 22.3 Å². The van der Waals surface area contributed by atoms with E-state index in [1.807, 2.05) is 6.07 Å². The van der Waals surface area contributed by atoms with E-state index in [-0.39, 0.29) is 0 Å². The molecule has 1 unspecified atom stereocenters. The van der Waals surface area contributed by atoms with E-state index in [1.54, 1.807) is 0 Å². The minimum absolute atomic E-state index is 0.508. The Hall–Kier alpha value is -4.89. The van der Waals surface area contributed by atoms with Gasteiger partial charge < -0.3 is 4.90 Å². The van der Waals surface area contributed by atoms with Crippen LogP contribution in [0.1, 0.15) is 13.3 Å². The molecule has 46 heavy (non-hydrogen) atoms. The van der Waals surface area contributed by atoms with Crippen LogP contribution in [0.2, 0.25) is 5.02 Å². The molecule has 222 valence electrons. The maximum atomic E-state index is 7.10. The fourth-order valence-electron chi connectivity index (χ4n) is 7.47. The van der Waals surface area contributed by atoms with Gasteiger partial charge in [0, 0.05) is 27.7 Å². The van der Waals surface area contributed by atoms with Crippen LogP contribution in [-0.2, 0) is 0 Å². The smallest absolute Gasteiger partial charge is 0.180 e. The molecule has 0 aromatic heterocycles. The molecule has 0 radical (unpaired) electrons. The van der Waals surface area contributed by atoms with Crippen molar-refractivity contribution >= 4 is 51.8 Å². The summed E-state index contributed by atoms with van der Waals surface area (Å²) in [5.74, 6) is 0.508. The van der Waals surface area contributed by atoms with E-state index in [1.165, 1.54) is 48.7 Å². The van der Waals surface area contributed by atoms with Crippen LogP contribution >= 0.6 is 11.6 Å². The van der Waals surface area contributed by atoms with E-state index in [9.17, 15) is 0 Å². The van der Waals surface area contributed by atoms with Gasteiger partial charge in [0.15, 0.2) is 8.07 Å². The Balaban J connectivity index is 1.26. The van der Waals surface area contributed by atoms with Gasteiger partial charge in [0.25, 0.3) is 0 Å². The summed E-state index contributed by atoms with van der Waals surface area (Å²) in [6, 6.07) is 55.3. The minimum Gasteiger partial charge on any atom is -0.311 e. The Bertz CT molecular complexity index is 2040. The van der Waals surface area contributed by atoms with E-state index in [0.29, 0.717) is 5.92 Å². The first-order valence-corrected chi connectivity index (χ1v) is 18.4. The molecule has 6 aromatic carbocycles. The summed E-state index contributed by atoms with van der Waals surface area (Å²) < 4.78 is 0. The van der Waals surface area contributed by atoms with Gasteiger partial charge in [0.05, 0.1) is 0 Å². The highest BCUT2D eigenvalue weighted by Gasteiger charge is 2.49. The molecule has 0 amide bonds. The number of hydrogen-bond acceptors (Lipinski definition) is 1. The topological polar surface area (TPSA) is 3.24 Å². The van der Waals surface area contributed by atoms with Crippen LogP contribution in [0.4, 0.5) is 11.4 Å². The van der Waals surface area contributed by atoms with E-state index < -0.39 is 8.07 Å². The molecule has 2 aliphatic rings. The van der Waals surface area contributed by atoms with Crippen molar-refractivity contribution in [3.63, 3.8) is 0 Å². The summed E-state index contributed by atoms with van der Waals surface area (Å²) in [5, 5.41) is 6.33. The van der Waals surface area contributed by atoms with Crippen molar-refractivity contribution in [2.75, 3.05) is 4.90 Å². The SMILES string of the molecule is CC1C=C(N(c2ccccc2)c2ccc(-c3ccc4c(c3)-c3c(Cl)cccc3[Si]4(c3ccccc3)c3ccccc3)cc2)C=CC1. The maximum Gasteiger partial charge on any atom is 0.180 e. The van der Waals surface area contributed by atoms with Crippen molar-refractivity contribution in [1.82, 2.24) is 0 Å². The number of hydrogen-bond donors (Lipinski definition) is 0. The van der Waals surface area contributed by atoms with Crippen LogP contribution in [0.15, 0.2) is 176 Å². The molecule has 0 fully saturated rings. The van der Waals surface area contributed by atoms with E-state index in [2.05, 4.69) is 176 Å². The Morgan fingerprint density at radius 1 is 0.609 bits per heavy atom. The van der Waals surface area contributed by atoms with Gasteiger partial charge in [-0.1, -0.05) is 146 Å². The Labute approximate surface area is 277 Å².